The number of rotatable bonds is 4. The summed E-state index contributed by atoms with van der Waals surface area (Å²) in [5.74, 6) is 0.0807. The summed E-state index contributed by atoms with van der Waals surface area (Å²) in [5.41, 5.74) is 0.964. The highest BCUT2D eigenvalue weighted by Gasteiger charge is 2.57. The Hall–Kier alpha value is -2.32. The summed E-state index contributed by atoms with van der Waals surface area (Å²) >= 11 is 0. The minimum Gasteiger partial charge on any atom is -0.465 e. The smallest absolute Gasteiger partial charge is 0.409 e. The summed E-state index contributed by atoms with van der Waals surface area (Å²) in [5, 5.41) is 20.3. The molecule has 3 aliphatic heterocycles. The summed E-state index contributed by atoms with van der Waals surface area (Å²) in [7, 11) is 0. The molecule has 1 aromatic rings. The SMILES string of the molecule is C=C(C)c1cccc(C(C)(C)N(C(=O)O)C2(C#N)CN3CCC2CC3)c1. The van der Waals surface area contributed by atoms with Crippen molar-refractivity contribution in [1.29, 1.82) is 5.26 Å². The number of benzene rings is 1. The lowest BCUT2D eigenvalue weighted by molar-refractivity contribution is -0.0670. The summed E-state index contributed by atoms with van der Waals surface area (Å²) in [6, 6.07) is 10.3. The second-order valence-corrected chi connectivity index (χ2v) is 8.12. The molecule has 1 unspecified atom stereocenters. The third-order valence-electron chi connectivity index (χ3n) is 6.13. The Balaban J connectivity index is 2.10. The van der Waals surface area contributed by atoms with Crippen molar-refractivity contribution in [2.45, 2.75) is 44.7 Å². The number of fused-ring (bicyclic) bond motifs is 3. The van der Waals surface area contributed by atoms with Crippen molar-refractivity contribution in [3.63, 3.8) is 0 Å². The third kappa shape index (κ3) is 2.79. The monoisotopic (exact) mass is 353 g/mol. The van der Waals surface area contributed by atoms with Crippen molar-refractivity contribution in [2.24, 2.45) is 5.92 Å². The zero-order chi connectivity index (χ0) is 19.1. The molecule has 0 aromatic heterocycles. The largest absolute Gasteiger partial charge is 0.465 e. The van der Waals surface area contributed by atoms with E-state index in [0.717, 1.165) is 42.6 Å². The number of amides is 1. The van der Waals surface area contributed by atoms with Gasteiger partial charge in [0, 0.05) is 6.54 Å². The molecular formula is C21H27N3O2. The van der Waals surface area contributed by atoms with E-state index in [2.05, 4.69) is 17.5 Å². The summed E-state index contributed by atoms with van der Waals surface area (Å²) in [6.07, 6.45) is 0.712. The highest BCUT2D eigenvalue weighted by molar-refractivity contribution is 5.70. The first-order valence-electron chi connectivity index (χ1n) is 9.15. The number of nitriles is 1. The van der Waals surface area contributed by atoms with Crippen LogP contribution in [0.15, 0.2) is 30.8 Å². The minimum atomic E-state index is -1.04. The molecule has 1 N–H and O–H groups in total. The number of allylic oxidation sites excluding steroid dienone is 1. The van der Waals surface area contributed by atoms with Crippen LogP contribution in [-0.2, 0) is 5.54 Å². The van der Waals surface area contributed by atoms with Gasteiger partial charge in [0.15, 0.2) is 0 Å². The Labute approximate surface area is 155 Å². The second kappa shape index (κ2) is 6.44. The van der Waals surface area contributed by atoms with Crippen LogP contribution in [0.5, 0.6) is 0 Å². The number of nitrogens with zero attached hydrogens (tertiary/aromatic N) is 3. The minimum absolute atomic E-state index is 0.0807. The van der Waals surface area contributed by atoms with E-state index >= 15 is 0 Å². The molecule has 5 nitrogen and oxygen atoms in total. The van der Waals surface area contributed by atoms with Gasteiger partial charge in [0.2, 0.25) is 0 Å². The van der Waals surface area contributed by atoms with Crippen molar-refractivity contribution < 1.29 is 9.90 Å². The molecule has 1 aromatic carbocycles. The van der Waals surface area contributed by atoms with E-state index in [0.29, 0.717) is 6.54 Å². The van der Waals surface area contributed by atoms with Crippen LogP contribution in [0.1, 0.15) is 44.7 Å². The van der Waals surface area contributed by atoms with E-state index in [9.17, 15) is 15.2 Å². The van der Waals surface area contributed by atoms with Crippen LogP contribution in [-0.4, -0.2) is 46.2 Å². The lowest BCUT2D eigenvalue weighted by Crippen LogP contribution is -2.70. The molecule has 0 radical (unpaired) electrons. The van der Waals surface area contributed by atoms with Gasteiger partial charge in [0.25, 0.3) is 0 Å². The van der Waals surface area contributed by atoms with Gasteiger partial charge in [0.05, 0.1) is 11.6 Å². The highest BCUT2D eigenvalue weighted by Crippen LogP contribution is 2.45. The molecule has 3 saturated heterocycles. The number of hydrogen-bond donors (Lipinski definition) is 1. The highest BCUT2D eigenvalue weighted by atomic mass is 16.4. The van der Waals surface area contributed by atoms with Gasteiger partial charge in [-0.15, -0.1) is 0 Å². The molecule has 2 bridgehead atoms. The maximum absolute atomic E-state index is 12.4. The van der Waals surface area contributed by atoms with Gasteiger partial charge < -0.3 is 5.11 Å². The van der Waals surface area contributed by atoms with Gasteiger partial charge in [-0.05, 0) is 69.8 Å². The zero-order valence-electron chi connectivity index (χ0n) is 15.8. The van der Waals surface area contributed by atoms with Crippen molar-refractivity contribution in [1.82, 2.24) is 9.80 Å². The van der Waals surface area contributed by atoms with Crippen molar-refractivity contribution in [3.8, 4) is 6.07 Å². The average Bonchev–Trinajstić information content (AvgIpc) is 2.62. The van der Waals surface area contributed by atoms with Crippen molar-refractivity contribution >= 4 is 11.7 Å². The molecule has 3 heterocycles. The normalized spacial score (nSPS) is 27.6. The molecule has 138 valence electrons. The fourth-order valence-electron chi connectivity index (χ4n) is 4.67. The molecule has 1 amide bonds. The van der Waals surface area contributed by atoms with Crippen LogP contribution in [0.2, 0.25) is 0 Å². The number of hydrogen-bond acceptors (Lipinski definition) is 3. The number of carbonyl (C=O) groups is 1. The maximum Gasteiger partial charge on any atom is 0.409 e. The quantitative estimate of drug-likeness (QED) is 0.891. The Morgan fingerprint density at radius 3 is 2.54 bits per heavy atom. The first-order chi connectivity index (χ1) is 12.2. The Morgan fingerprint density at radius 2 is 2.08 bits per heavy atom. The predicted molar refractivity (Wildman–Crippen MR) is 102 cm³/mol. The first-order valence-corrected chi connectivity index (χ1v) is 9.15. The predicted octanol–water partition coefficient (Wildman–Crippen LogP) is 3.92. The fraction of sp³-hybridized carbons (Fsp3) is 0.524. The molecule has 1 atom stereocenters. The van der Waals surface area contributed by atoms with Crippen LogP contribution in [0.4, 0.5) is 4.79 Å². The first kappa shape index (κ1) is 18.5. The molecule has 5 heteroatoms. The molecule has 0 spiro atoms. The van der Waals surface area contributed by atoms with Crippen molar-refractivity contribution in [3.05, 3.63) is 42.0 Å². The van der Waals surface area contributed by atoms with E-state index in [4.69, 9.17) is 0 Å². The Morgan fingerprint density at radius 1 is 1.42 bits per heavy atom. The van der Waals surface area contributed by atoms with Crippen LogP contribution >= 0.6 is 0 Å². The molecule has 26 heavy (non-hydrogen) atoms. The van der Waals surface area contributed by atoms with E-state index in [1.54, 1.807) is 0 Å². The number of piperidine rings is 3. The summed E-state index contributed by atoms with van der Waals surface area (Å²) in [4.78, 5) is 16.1. The van der Waals surface area contributed by atoms with Gasteiger partial charge in [-0.3, -0.25) is 9.80 Å². The van der Waals surface area contributed by atoms with Crippen molar-refractivity contribution in [2.75, 3.05) is 19.6 Å². The van der Waals surface area contributed by atoms with Gasteiger partial charge in [-0.25, -0.2) is 4.79 Å². The van der Waals surface area contributed by atoms with Crippen LogP contribution in [0.25, 0.3) is 5.57 Å². The molecular weight excluding hydrogens is 326 g/mol. The summed E-state index contributed by atoms with van der Waals surface area (Å²) in [6.45, 7) is 12.1. The van der Waals surface area contributed by atoms with Crippen LogP contribution in [0.3, 0.4) is 0 Å². The molecule has 3 aliphatic rings. The van der Waals surface area contributed by atoms with Gasteiger partial charge >= 0.3 is 6.09 Å². The Bertz CT molecular complexity index is 772. The van der Waals surface area contributed by atoms with Gasteiger partial charge in [-0.1, -0.05) is 30.4 Å². The third-order valence-corrected chi connectivity index (χ3v) is 6.13. The van der Waals surface area contributed by atoms with E-state index in [-0.39, 0.29) is 5.92 Å². The number of carboxylic acid groups (broad SMARTS) is 1. The standard InChI is InChI=1S/C21H27N3O2/c1-15(2)16-6-5-7-18(12-16)20(3,4)24(19(25)26)21(13-22)14-23-10-8-17(21)9-11-23/h5-7,12,17H,1,8-11,14H2,2-4H3,(H,25,26). The Kier molecular flexibility index (Phi) is 4.58. The van der Waals surface area contributed by atoms with E-state index in [1.807, 2.05) is 45.0 Å². The molecule has 3 fully saturated rings. The second-order valence-electron chi connectivity index (χ2n) is 8.12. The molecule has 0 saturated carbocycles. The summed E-state index contributed by atoms with van der Waals surface area (Å²) < 4.78 is 0. The molecule has 4 rings (SSSR count). The maximum atomic E-state index is 12.4. The lowest BCUT2D eigenvalue weighted by atomic mass is 9.70. The van der Waals surface area contributed by atoms with Crippen LogP contribution in [0, 0.1) is 17.2 Å². The van der Waals surface area contributed by atoms with Gasteiger partial charge in [-0.2, -0.15) is 5.26 Å². The zero-order valence-corrected chi connectivity index (χ0v) is 15.8. The lowest BCUT2D eigenvalue weighted by Gasteiger charge is -2.57. The van der Waals surface area contributed by atoms with Gasteiger partial charge in [0.1, 0.15) is 5.54 Å². The van der Waals surface area contributed by atoms with Crippen LogP contribution < -0.4 is 0 Å². The topological polar surface area (TPSA) is 67.6 Å². The average molecular weight is 353 g/mol. The fourth-order valence-corrected chi connectivity index (χ4v) is 4.67. The van der Waals surface area contributed by atoms with E-state index < -0.39 is 17.2 Å². The molecule has 0 aliphatic carbocycles. The van der Waals surface area contributed by atoms with E-state index in [1.165, 1.54) is 4.90 Å².